The summed E-state index contributed by atoms with van der Waals surface area (Å²) in [5.41, 5.74) is 0.964. The number of nitrogens with zero attached hydrogens (tertiary/aromatic N) is 2. The molecule has 1 aliphatic rings. The highest BCUT2D eigenvalue weighted by molar-refractivity contribution is 5.97. The third-order valence-electron chi connectivity index (χ3n) is 2.38. The molecule has 1 aromatic carbocycles. The van der Waals surface area contributed by atoms with E-state index in [1.807, 2.05) is 43.6 Å². The van der Waals surface area contributed by atoms with Crippen molar-refractivity contribution in [2.45, 2.75) is 0 Å². The van der Waals surface area contributed by atoms with Gasteiger partial charge in [0.05, 0.1) is 0 Å². The highest BCUT2D eigenvalue weighted by atomic mass is 16.3. The van der Waals surface area contributed by atoms with Crippen LogP contribution in [0.2, 0.25) is 0 Å². The van der Waals surface area contributed by atoms with E-state index < -0.39 is 0 Å². The Hall–Kier alpha value is -2.03. The van der Waals surface area contributed by atoms with Crippen molar-refractivity contribution < 1.29 is 5.11 Å². The molecule has 16 heavy (non-hydrogen) atoms. The first-order valence-corrected chi connectivity index (χ1v) is 5.17. The smallest absolute Gasteiger partial charge is 0.128 e. The molecule has 0 aromatic heterocycles. The molecular formula is C13H14N2O. The Bertz CT molecular complexity index is 461. The van der Waals surface area contributed by atoms with Gasteiger partial charge < -0.3 is 10.0 Å². The summed E-state index contributed by atoms with van der Waals surface area (Å²) in [6.45, 7) is 0.878. The predicted molar refractivity (Wildman–Crippen MR) is 66.3 cm³/mol. The molecule has 0 unspecified atom stereocenters. The molecule has 1 N–H and O–H groups in total. The Morgan fingerprint density at radius 1 is 1.38 bits per heavy atom. The molecule has 1 aromatic rings. The summed E-state index contributed by atoms with van der Waals surface area (Å²) in [5.74, 6) is 1.20. The molecule has 3 nitrogen and oxygen atoms in total. The Morgan fingerprint density at radius 3 is 3.00 bits per heavy atom. The average Bonchev–Trinajstić information content (AvgIpc) is 2.28. The molecule has 0 saturated heterocycles. The first-order chi connectivity index (χ1) is 7.75. The van der Waals surface area contributed by atoms with E-state index in [1.165, 1.54) is 0 Å². The summed E-state index contributed by atoms with van der Waals surface area (Å²) in [4.78, 5) is 6.32. The van der Waals surface area contributed by atoms with Crippen LogP contribution in [0.4, 0.5) is 0 Å². The first-order valence-electron chi connectivity index (χ1n) is 5.17. The van der Waals surface area contributed by atoms with Crippen LogP contribution in [0.15, 0.2) is 47.6 Å². The molecule has 3 heteroatoms. The van der Waals surface area contributed by atoms with Gasteiger partial charge in [-0.3, -0.25) is 0 Å². The van der Waals surface area contributed by atoms with Crippen molar-refractivity contribution in [3.8, 4) is 5.75 Å². The van der Waals surface area contributed by atoms with Gasteiger partial charge in [0.15, 0.2) is 0 Å². The number of hydrogen-bond donors (Lipinski definition) is 1. The third kappa shape index (κ3) is 2.51. The Kier molecular flexibility index (Phi) is 3.05. The lowest BCUT2D eigenvalue weighted by Crippen LogP contribution is -2.26. The zero-order chi connectivity index (χ0) is 11.4. The van der Waals surface area contributed by atoms with Crippen LogP contribution >= 0.6 is 0 Å². The van der Waals surface area contributed by atoms with E-state index in [2.05, 4.69) is 9.89 Å². The van der Waals surface area contributed by atoms with E-state index in [-0.39, 0.29) is 5.75 Å². The molecule has 0 radical (unpaired) electrons. The molecule has 0 fully saturated rings. The van der Waals surface area contributed by atoms with Gasteiger partial charge in [-0.15, -0.1) is 0 Å². The topological polar surface area (TPSA) is 35.8 Å². The number of rotatable bonds is 2. The number of phenols is 1. The molecule has 0 spiro atoms. The number of benzene rings is 1. The van der Waals surface area contributed by atoms with Gasteiger partial charge in [0, 0.05) is 19.8 Å². The summed E-state index contributed by atoms with van der Waals surface area (Å²) in [6, 6.07) is 7.14. The highest BCUT2D eigenvalue weighted by Gasteiger charge is 2.02. The van der Waals surface area contributed by atoms with Gasteiger partial charge in [0.25, 0.3) is 0 Å². The second-order valence-electron chi connectivity index (χ2n) is 3.68. The van der Waals surface area contributed by atoms with E-state index in [4.69, 9.17) is 0 Å². The minimum atomic E-state index is 0.279. The molecular weight excluding hydrogens is 200 g/mol. The van der Waals surface area contributed by atoms with Crippen molar-refractivity contribution in [3.05, 3.63) is 48.2 Å². The minimum Gasteiger partial charge on any atom is -0.508 e. The molecule has 2 rings (SSSR count). The van der Waals surface area contributed by atoms with E-state index >= 15 is 0 Å². The number of hydrogen-bond acceptors (Lipinski definition) is 3. The van der Waals surface area contributed by atoms with E-state index in [1.54, 1.807) is 12.1 Å². The van der Waals surface area contributed by atoms with Gasteiger partial charge in [0.1, 0.15) is 11.6 Å². The van der Waals surface area contributed by atoms with Gasteiger partial charge in [-0.05, 0) is 29.8 Å². The number of likely N-dealkylation sites (N-methyl/N-ethyl adjacent to an activating group) is 1. The Morgan fingerprint density at radius 2 is 2.25 bits per heavy atom. The molecule has 1 aliphatic heterocycles. The number of phenolic OH excluding ortho intramolecular Hbond substituents is 1. The second kappa shape index (κ2) is 4.66. The molecule has 0 amide bonds. The van der Waals surface area contributed by atoms with Crippen LogP contribution in [0.25, 0.3) is 6.08 Å². The lowest BCUT2D eigenvalue weighted by atomic mass is 10.2. The van der Waals surface area contributed by atoms with Gasteiger partial charge in [0.2, 0.25) is 0 Å². The van der Waals surface area contributed by atoms with Crippen molar-refractivity contribution in [2.75, 3.05) is 13.6 Å². The summed E-state index contributed by atoms with van der Waals surface area (Å²) in [6.07, 6.45) is 7.69. The van der Waals surface area contributed by atoms with E-state index in [9.17, 15) is 5.11 Å². The average molecular weight is 214 g/mol. The third-order valence-corrected chi connectivity index (χ3v) is 2.38. The second-order valence-corrected chi connectivity index (χ2v) is 3.68. The van der Waals surface area contributed by atoms with Crippen LogP contribution in [0.1, 0.15) is 5.56 Å². The number of aromatic hydroxyl groups is 1. The Balaban J connectivity index is 2.15. The van der Waals surface area contributed by atoms with Gasteiger partial charge in [-0.1, -0.05) is 18.2 Å². The fourth-order valence-electron chi connectivity index (χ4n) is 1.50. The van der Waals surface area contributed by atoms with Crippen LogP contribution in [0.5, 0.6) is 5.75 Å². The van der Waals surface area contributed by atoms with Crippen LogP contribution in [-0.4, -0.2) is 29.4 Å². The minimum absolute atomic E-state index is 0.279. The maximum absolute atomic E-state index is 9.32. The monoisotopic (exact) mass is 214 g/mol. The van der Waals surface area contributed by atoms with Crippen molar-refractivity contribution in [1.29, 1.82) is 0 Å². The molecule has 0 aliphatic carbocycles. The van der Waals surface area contributed by atoms with E-state index in [0.717, 1.165) is 17.9 Å². The maximum Gasteiger partial charge on any atom is 0.128 e. The maximum atomic E-state index is 9.32. The standard InChI is InChI=1S/C13H14N2O/c1-15-9-3-8-14-13(15)7-6-11-4-2-5-12(16)10-11/h2-8,10,16H,9H2,1H3. The summed E-state index contributed by atoms with van der Waals surface area (Å²) < 4.78 is 0. The molecule has 0 atom stereocenters. The molecule has 0 saturated carbocycles. The molecule has 1 heterocycles. The zero-order valence-corrected chi connectivity index (χ0v) is 9.17. The Labute approximate surface area is 95.1 Å². The normalized spacial score (nSPS) is 15.6. The summed E-state index contributed by atoms with van der Waals surface area (Å²) in [7, 11) is 2.00. The lowest BCUT2D eigenvalue weighted by molar-refractivity contribution is 0.475. The fourth-order valence-corrected chi connectivity index (χ4v) is 1.50. The number of amidine groups is 1. The summed E-state index contributed by atoms with van der Waals surface area (Å²) >= 11 is 0. The SMILES string of the molecule is CN1CC=CN=C1C=Cc1cccc(O)c1. The van der Waals surface area contributed by atoms with Crippen LogP contribution in [0.3, 0.4) is 0 Å². The fraction of sp³-hybridized carbons (Fsp3) is 0.154. The zero-order valence-electron chi connectivity index (χ0n) is 9.17. The first kappa shape index (κ1) is 10.5. The molecule has 0 bridgehead atoms. The van der Waals surface area contributed by atoms with Crippen molar-refractivity contribution in [3.63, 3.8) is 0 Å². The van der Waals surface area contributed by atoms with E-state index in [0.29, 0.717) is 0 Å². The van der Waals surface area contributed by atoms with Gasteiger partial charge in [-0.2, -0.15) is 0 Å². The predicted octanol–water partition coefficient (Wildman–Crippen LogP) is 2.26. The number of aliphatic imine (C=N–C) groups is 1. The quantitative estimate of drug-likeness (QED) is 0.819. The van der Waals surface area contributed by atoms with Crippen molar-refractivity contribution in [1.82, 2.24) is 4.90 Å². The van der Waals surface area contributed by atoms with Crippen LogP contribution < -0.4 is 0 Å². The molecule has 82 valence electrons. The van der Waals surface area contributed by atoms with Crippen LogP contribution in [-0.2, 0) is 0 Å². The largest absolute Gasteiger partial charge is 0.508 e. The van der Waals surface area contributed by atoms with Gasteiger partial charge >= 0.3 is 0 Å². The van der Waals surface area contributed by atoms with Crippen LogP contribution in [0, 0.1) is 0 Å². The van der Waals surface area contributed by atoms with Crippen molar-refractivity contribution >= 4 is 11.9 Å². The van der Waals surface area contributed by atoms with Gasteiger partial charge in [-0.25, -0.2) is 4.99 Å². The van der Waals surface area contributed by atoms with Crippen molar-refractivity contribution in [2.24, 2.45) is 4.99 Å². The summed E-state index contributed by atoms with van der Waals surface area (Å²) in [5, 5.41) is 9.32. The lowest BCUT2D eigenvalue weighted by Gasteiger charge is -2.18. The highest BCUT2D eigenvalue weighted by Crippen LogP contribution is 2.12.